The zero-order valence-corrected chi connectivity index (χ0v) is 12.7. The molecule has 1 aromatic heterocycles. The van der Waals surface area contributed by atoms with Gasteiger partial charge in [-0.3, -0.25) is 5.32 Å². The topological polar surface area (TPSA) is 79.9 Å². The van der Waals surface area contributed by atoms with Crippen LogP contribution >= 0.6 is 0 Å². The van der Waals surface area contributed by atoms with E-state index < -0.39 is 23.3 Å². The van der Waals surface area contributed by atoms with E-state index in [-0.39, 0.29) is 17.1 Å². The number of nitrogens with one attached hydrogen (secondary N) is 1. The van der Waals surface area contributed by atoms with E-state index in [1.54, 1.807) is 20.8 Å². The average Bonchev–Trinajstić information content (AvgIpc) is 2.77. The molecule has 0 aliphatic rings. The van der Waals surface area contributed by atoms with E-state index in [4.69, 9.17) is 10.00 Å². The van der Waals surface area contributed by atoms with Gasteiger partial charge in [0.1, 0.15) is 28.9 Å². The summed E-state index contributed by atoms with van der Waals surface area (Å²) in [5, 5.41) is 15.3. The fourth-order valence-corrected chi connectivity index (χ4v) is 1.81. The number of nitrogens with zero attached hydrogens (tertiary/aromatic N) is 3. The number of halogens is 2. The first-order chi connectivity index (χ1) is 10.7. The van der Waals surface area contributed by atoms with Gasteiger partial charge in [0.25, 0.3) is 0 Å². The van der Waals surface area contributed by atoms with Crippen LogP contribution in [0.2, 0.25) is 0 Å². The van der Waals surface area contributed by atoms with Gasteiger partial charge in [0.15, 0.2) is 5.82 Å². The van der Waals surface area contributed by atoms with Crippen LogP contribution in [0.15, 0.2) is 24.4 Å². The molecule has 0 bridgehead atoms. The second kappa shape index (κ2) is 6.04. The third-order valence-electron chi connectivity index (χ3n) is 2.60. The quantitative estimate of drug-likeness (QED) is 0.920. The van der Waals surface area contributed by atoms with Gasteiger partial charge < -0.3 is 4.74 Å². The number of nitriles is 1. The summed E-state index contributed by atoms with van der Waals surface area (Å²) in [7, 11) is 0. The first kappa shape index (κ1) is 16.4. The van der Waals surface area contributed by atoms with Crippen molar-refractivity contribution in [3.8, 4) is 11.8 Å². The summed E-state index contributed by atoms with van der Waals surface area (Å²) in [4.78, 5) is 11.9. The van der Waals surface area contributed by atoms with Crippen LogP contribution in [-0.2, 0) is 4.74 Å². The molecule has 1 heterocycles. The molecule has 1 amide bonds. The first-order valence-electron chi connectivity index (χ1n) is 6.64. The predicted octanol–water partition coefficient (Wildman–Crippen LogP) is 3.37. The smallest absolute Gasteiger partial charge is 0.413 e. The summed E-state index contributed by atoms with van der Waals surface area (Å²) >= 11 is 0. The summed E-state index contributed by atoms with van der Waals surface area (Å²) in [5.41, 5.74) is -0.692. The number of carbonyl (C=O) groups excluding carboxylic acids is 1. The highest BCUT2D eigenvalue weighted by molar-refractivity contribution is 5.86. The van der Waals surface area contributed by atoms with Crippen LogP contribution in [0.3, 0.4) is 0 Å². The van der Waals surface area contributed by atoms with E-state index in [2.05, 4.69) is 10.4 Å². The molecule has 120 valence electrons. The molecule has 23 heavy (non-hydrogen) atoms. The minimum Gasteiger partial charge on any atom is -0.444 e. The summed E-state index contributed by atoms with van der Waals surface area (Å²) in [5.74, 6) is -1.65. The highest BCUT2D eigenvalue weighted by Gasteiger charge is 2.20. The summed E-state index contributed by atoms with van der Waals surface area (Å²) in [6, 6.07) is 4.60. The molecule has 0 aliphatic heterocycles. The van der Waals surface area contributed by atoms with E-state index in [1.165, 1.54) is 6.20 Å². The van der Waals surface area contributed by atoms with Crippen molar-refractivity contribution >= 4 is 11.9 Å². The van der Waals surface area contributed by atoms with Gasteiger partial charge in [-0.05, 0) is 32.9 Å². The maximum Gasteiger partial charge on any atom is 0.413 e. The molecule has 2 aromatic rings. The Kier molecular flexibility index (Phi) is 4.31. The summed E-state index contributed by atoms with van der Waals surface area (Å²) < 4.78 is 32.9. The number of anilines is 1. The number of benzene rings is 1. The molecule has 0 spiro atoms. The molecule has 0 fully saturated rings. The molecule has 6 nitrogen and oxygen atoms in total. The van der Waals surface area contributed by atoms with Crippen molar-refractivity contribution in [1.29, 1.82) is 5.26 Å². The molecule has 0 saturated carbocycles. The van der Waals surface area contributed by atoms with Gasteiger partial charge in [-0.15, -0.1) is 0 Å². The Balaban J connectivity index is 2.41. The van der Waals surface area contributed by atoms with Crippen LogP contribution in [0.1, 0.15) is 26.3 Å². The largest absolute Gasteiger partial charge is 0.444 e. The Labute approximate surface area is 131 Å². The van der Waals surface area contributed by atoms with Crippen LogP contribution < -0.4 is 5.32 Å². The van der Waals surface area contributed by atoms with Gasteiger partial charge in [0.2, 0.25) is 0 Å². The molecule has 0 radical (unpaired) electrons. The first-order valence-corrected chi connectivity index (χ1v) is 6.64. The minimum atomic E-state index is -0.812. The number of carbonyl (C=O) groups is 1. The van der Waals surface area contributed by atoms with Crippen molar-refractivity contribution in [1.82, 2.24) is 9.78 Å². The third-order valence-corrected chi connectivity index (χ3v) is 2.60. The van der Waals surface area contributed by atoms with Crippen molar-refractivity contribution in [2.75, 3.05) is 5.32 Å². The lowest BCUT2D eigenvalue weighted by Gasteiger charge is -2.20. The molecule has 0 unspecified atom stereocenters. The Bertz CT molecular complexity index is 768. The maximum atomic E-state index is 13.4. The van der Waals surface area contributed by atoms with Gasteiger partial charge in [0, 0.05) is 6.07 Å². The Morgan fingerprint density at radius 1 is 1.30 bits per heavy atom. The second-order valence-electron chi connectivity index (χ2n) is 5.68. The molecule has 1 N–H and O–H groups in total. The molecule has 0 saturated heterocycles. The van der Waals surface area contributed by atoms with Crippen molar-refractivity contribution < 1.29 is 18.3 Å². The number of hydrogen-bond donors (Lipinski definition) is 1. The van der Waals surface area contributed by atoms with Gasteiger partial charge >= 0.3 is 6.09 Å². The van der Waals surface area contributed by atoms with Gasteiger partial charge in [-0.2, -0.15) is 10.4 Å². The molecular formula is C15H14F2N4O2. The van der Waals surface area contributed by atoms with E-state index >= 15 is 0 Å². The third kappa shape index (κ3) is 4.03. The fraction of sp³-hybridized carbons (Fsp3) is 0.267. The summed E-state index contributed by atoms with van der Waals surface area (Å²) in [6.45, 7) is 5.03. The second-order valence-corrected chi connectivity index (χ2v) is 5.68. The zero-order valence-electron chi connectivity index (χ0n) is 12.7. The Hall–Kier alpha value is -2.95. The number of hydrogen-bond acceptors (Lipinski definition) is 4. The molecule has 8 heteroatoms. The molecule has 1 aromatic carbocycles. The number of amides is 1. The highest BCUT2D eigenvalue weighted by Crippen LogP contribution is 2.22. The molecule has 0 aliphatic carbocycles. The van der Waals surface area contributed by atoms with E-state index in [0.717, 1.165) is 16.8 Å². The van der Waals surface area contributed by atoms with Crippen molar-refractivity contribution in [2.24, 2.45) is 0 Å². The lowest BCUT2D eigenvalue weighted by molar-refractivity contribution is 0.0635. The number of ether oxygens (including phenoxy) is 1. The molecule has 2 rings (SSSR count). The van der Waals surface area contributed by atoms with Gasteiger partial charge in [-0.25, -0.2) is 18.3 Å². The van der Waals surface area contributed by atoms with E-state index in [1.807, 2.05) is 6.07 Å². The van der Waals surface area contributed by atoms with Crippen LogP contribution in [0, 0.1) is 23.0 Å². The normalized spacial score (nSPS) is 11.0. The Morgan fingerprint density at radius 3 is 2.43 bits per heavy atom. The SMILES string of the molecule is CC(C)(C)OC(=O)Nc1c(C#N)cnn1-c1cc(F)cc(F)c1. The van der Waals surface area contributed by atoms with Gasteiger partial charge in [-0.1, -0.05) is 0 Å². The minimum absolute atomic E-state index is 0.0232. The van der Waals surface area contributed by atoms with E-state index in [9.17, 15) is 13.6 Å². The molecular weight excluding hydrogens is 306 g/mol. The van der Waals surface area contributed by atoms with Crippen LogP contribution in [0.5, 0.6) is 0 Å². The fourth-order valence-electron chi connectivity index (χ4n) is 1.81. The zero-order chi connectivity index (χ0) is 17.2. The highest BCUT2D eigenvalue weighted by atomic mass is 19.1. The Morgan fingerprint density at radius 2 is 1.91 bits per heavy atom. The lowest BCUT2D eigenvalue weighted by atomic mass is 10.2. The van der Waals surface area contributed by atoms with Crippen molar-refractivity contribution in [3.63, 3.8) is 0 Å². The standard InChI is InChI=1S/C15H14F2N4O2/c1-15(2,3)23-14(22)20-13-9(7-18)8-19-21(13)12-5-10(16)4-11(17)6-12/h4-6,8H,1-3H3,(H,20,22). The van der Waals surface area contributed by atoms with E-state index in [0.29, 0.717) is 6.07 Å². The monoisotopic (exact) mass is 320 g/mol. The predicted molar refractivity (Wildman–Crippen MR) is 78.1 cm³/mol. The van der Waals surface area contributed by atoms with Crippen LogP contribution in [0.4, 0.5) is 19.4 Å². The van der Waals surface area contributed by atoms with Gasteiger partial charge in [0.05, 0.1) is 11.9 Å². The van der Waals surface area contributed by atoms with Crippen LogP contribution in [-0.4, -0.2) is 21.5 Å². The van der Waals surface area contributed by atoms with Crippen molar-refractivity contribution in [3.05, 3.63) is 41.6 Å². The molecule has 0 atom stereocenters. The maximum absolute atomic E-state index is 13.4. The van der Waals surface area contributed by atoms with Crippen molar-refractivity contribution in [2.45, 2.75) is 26.4 Å². The number of aromatic nitrogens is 2. The summed E-state index contributed by atoms with van der Waals surface area (Å²) in [6.07, 6.45) is 0.364. The van der Waals surface area contributed by atoms with Crippen LogP contribution in [0.25, 0.3) is 5.69 Å². The average molecular weight is 320 g/mol. The lowest BCUT2D eigenvalue weighted by Crippen LogP contribution is -2.28. The number of rotatable bonds is 2.